The molecule has 1 aromatic heterocycles. The van der Waals surface area contributed by atoms with Gasteiger partial charge in [-0.05, 0) is 11.6 Å². The van der Waals surface area contributed by atoms with Gasteiger partial charge in [0.05, 0.1) is 18.1 Å². The molecule has 2 amide bonds. The minimum absolute atomic E-state index is 0.0718. The fourth-order valence-electron chi connectivity index (χ4n) is 4.02. The molecular weight excluding hydrogens is 414 g/mol. The fraction of sp³-hybridized carbons (Fsp3) is 0.304. The van der Waals surface area contributed by atoms with Crippen molar-refractivity contribution in [3.8, 4) is 0 Å². The van der Waals surface area contributed by atoms with Crippen molar-refractivity contribution >= 4 is 29.5 Å². The second-order valence-electron chi connectivity index (χ2n) is 7.75. The Kier molecular flexibility index (Phi) is 5.82. The average molecular weight is 438 g/mol. The quantitative estimate of drug-likeness (QED) is 0.516. The number of aryl methyl sites for hydroxylation is 2. The number of pyridine rings is 1. The van der Waals surface area contributed by atoms with Crippen LogP contribution in [0.2, 0.25) is 0 Å². The number of nitrogens with zero attached hydrogens (tertiary/aromatic N) is 2. The maximum absolute atomic E-state index is 12.8. The lowest BCUT2D eigenvalue weighted by molar-refractivity contribution is -0.700. The molecule has 2 unspecified atom stereocenters. The lowest BCUT2D eigenvalue weighted by Gasteiger charge is -2.50. The van der Waals surface area contributed by atoms with Crippen LogP contribution < -0.4 is 15.0 Å². The van der Waals surface area contributed by atoms with Gasteiger partial charge in [-0.1, -0.05) is 30.3 Å². The molecule has 0 bridgehead atoms. The molecule has 1 saturated heterocycles. The first-order valence-corrected chi connectivity index (χ1v) is 11.1. The zero-order valence-electron chi connectivity index (χ0n) is 17.3. The summed E-state index contributed by atoms with van der Waals surface area (Å²) in [6.07, 6.45) is 0.166. The number of nitrogens with one attached hydrogen (secondary N) is 1. The minimum Gasteiger partial charge on any atom is -0.543 e. The Hall–Kier alpha value is -3.13. The van der Waals surface area contributed by atoms with Crippen molar-refractivity contribution in [3.05, 3.63) is 76.8 Å². The lowest BCUT2D eigenvalue weighted by Crippen LogP contribution is -2.71. The largest absolute Gasteiger partial charge is 0.543 e. The SMILES string of the molecule is Cc1cccc(C)[n+]1CC1=C(C(=O)[O-])N2C(=O)C(NC(=O)Cc3ccccc3)C2SC1. The summed E-state index contributed by atoms with van der Waals surface area (Å²) >= 11 is 1.46. The number of thioether (sulfide) groups is 1. The smallest absolute Gasteiger partial charge is 0.253 e. The van der Waals surface area contributed by atoms with Gasteiger partial charge in [-0.2, -0.15) is 4.57 Å². The molecule has 0 spiro atoms. The second kappa shape index (κ2) is 8.55. The van der Waals surface area contributed by atoms with E-state index in [1.54, 1.807) is 0 Å². The third-order valence-corrected chi connectivity index (χ3v) is 6.98. The molecule has 1 aromatic carbocycles. The predicted octanol–water partition coefficient (Wildman–Crippen LogP) is 0.238. The highest BCUT2D eigenvalue weighted by Crippen LogP contribution is 2.40. The van der Waals surface area contributed by atoms with E-state index in [9.17, 15) is 19.5 Å². The molecule has 1 N–H and O–H groups in total. The predicted molar refractivity (Wildman–Crippen MR) is 113 cm³/mol. The van der Waals surface area contributed by atoms with Crippen LogP contribution in [0.1, 0.15) is 17.0 Å². The number of carbonyl (C=O) groups is 3. The van der Waals surface area contributed by atoms with Gasteiger partial charge in [0.15, 0.2) is 17.9 Å². The Labute approximate surface area is 184 Å². The third kappa shape index (κ3) is 4.07. The third-order valence-electron chi connectivity index (χ3n) is 5.64. The molecule has 0 radical (unpaired) electrons. The van der Waals surface area contributed by atoms with Crippen LogP contribution in [0.3, 0.4) is 0 Å². The Morgan fingerprint density at radius 2 is 1.81 bits per heavy atom. The van der Waals surface area contributed by atoms with Crippen LogP contribution in [0.15, 0.2) is 59.8 Å². The summed E-state index contributed by atoms with van der Waals surface area (Å²) < 4.78 is 2.02. The van der Waals surface area contributed by atoms with Crippen molar-refractivity contribution < 1.29 is 24.1 Å². The Morgan fingerprint density at radius 3 is 2.45 bits per heavy atom. The maximum Gasteiger partial charge on any atom is 0.253 e. The number of amides is 2. The number of fused-ring (bicyclic) bond motifs is 1. The topological polar surface area (TPSA) is 93.4 Å². The number of hydrogen-bond donors (Lipinski definition) is 1. The average Bonchev–Trinajstić information content (AvgIpc) is 2.74. The number of carboxylic acids is 1. The van der Waals surface area contributed by atoms with Crippen molar-refractivity contribution in [1.29, 1.82) is 0 Å². The summed E-state index contributed by atoms with van der Waals surface area (Å²) in [7, 11) is 0. The van der Waals surface area contributed by atoms with E-state index in [4.69, 9.17) is 0 Å². The first-order chi connectivity index (χ1) is 14.9. The summed E-state index contributed by atoms with van der Waals surface area (Å²) in [5, 5.41) is 14.3. The molecular formula is C23H23N3O4S. The Balaban J connectivity index is 1.52. The zero-order valence-corrected chi connectivity index (χ0v) is 18.1. The summed E-state index contributed by atoms with van der Waals surface area (Å²) in [5.41, 5.74) is 3.41. The van der Waals surface area contributed by atoms with Gasteiger partial charge in [-0.15, -0.1) is 11.8 Å². The normalized spacial score (nSPS) is 20.2. The number of benzene rings is 1. The van der Waals surface area contributed by atoms with Crippen molar-refractivity contribution in [2.75, 3.05) is 5.75 Å². The van der Waals surface area contributed by atoms with E-state index in [2.05, 4.69) is 5.32 Å². The van der Waals surface area contributed by atoms with Crippen LogP contribution >= 0.6 is 11.8 Å². The first kappa shape index (κ1) is 21.1. The molecule has 1 fully saturated rings. The summed E-state index contributed by atoms with van der Waals surface area (Å²) in [6.45, 7) is 4.28. The number of aromatic nitrogens is 1. The van der Waals surface area contributed by atoms with E-state index in [0.717, 1.165) is 17.0 Å². The van der Waals surface area contributed by atoms with E-state index in [1.165, 1.54) is 16.7 Å². The number of carboxylic acid groups (broad SMARTS) is 1. The first-order valence-electron chi connectivity index (χ1n) is 10.0. The molecule has 4 rings (SSSR count). The van der Waals surface area contributed by atoms with Crippen molar-refractivity contribution in [2.45, 2.75) is 38.2 Å². The highest BCUT2D eigenvalue weighted by Gasteiger charge is 2.53. The van der Waals surface area contributed by atoms with Gasteiger partial charge in [-0.3, -0.25) is 14.5 Å². The zero-order chi connectivity index (χ0) is 22.1. The number of β-lactam (4-membered cyclic amide) rings is 1. The maximum atomic E-state index is 12.8. The van der Waals surface area contributed by atoms with E-state index >= 15 is 0 Å². The molecule has 31 heavy (non-hydrogen) atoms. The van der Waals surface area contributed by atoms with Gasteiger partial charge in [0.2, 0.25) is 5.91 Å². The molecule has 2 aromatic rings. The molecule has 8 heteroatoms. The standard InChI is InChI=1S/C23H23N3O4S/c1-14-7-6-8-15(2)25(14)12-17-13-31-22-19(21(28)26(22)20(17)23(29)30)24-18(27)11-16-9-4-3-5-10-16/h3-10,19,22H,11-13H2,1-2H3,(H-,24,27,29,30). The Bertz CT molecular complexity index is 1060. The van der Waals surface area contributed by atoms with Crippen LogP contribution in [0, 0.1) is 13.8 Å². The Morgan fingerprint density at radius 1 is 1.13 bits per heavy atom. The minimum atomic E-state index is -1.37. The monoisotopic (exact) mass is 437 g/mol. The number of carbonyl (C=O) groups excluding carboxylic acids is 3. The van der Waals surface area contributed by atoms with E-state index in [0.29, 0.717) is 17.9 Å². The van der Waals surface area contributed by atoms with Crippen LogP contribution in [0.5, 0.6) is 0 Å². The molecule has 160 valence electrons. The van der Waals surface area contributed by atoms with Gasteiger partial charge in [0.25, 0.3) is 5.91 Å². The van der Waals surface area contributed by atoms with Crippen molar-refractivity contribution in [2.24, 2.45) is 0 Å². The number of aliphatic carboxylic acids is 1. The number of hydrogen-bond acceptors (Lipinski definition) is 5. The van der Waals surface area contributed by atoms with Crippen molar-refractivity contribution in [1.82, 2.24) is 10.2 Å². The van der Waals surface area contributed by atoms with Gasteiger partial charge < -0.3 is 15.2 Å². The summed E-state index contributed by atoms with van der Waals surface area (Å²) in [4.78, 5) is 38.4. The highest BCUT2D eigenvalue weighted by atomic mass is 32.2. The van der Waals surface area contributed by atoms with Crippen LogP contribution in [-0.4, -0.2) is 39.9 Å². The van der Waals surface area contributed by atoms with Crippen LogP contribution in [0.25, 0.3) is 0 Å². The van der Waals surface area contributed by atoms with Gasteiger partial charge >= 0.3 is 0 Å². The van der Waals surface area contributed by atoms with Gasteiger partial charge in [-0.25, -0.2) is 0 Å². The fourth-order valence-corrected chi connectivity index (χ4v) is 5.36. The molecule has 2 aliphatic heterocycles. The van der Waals surface area contributed by atoms with Gasteiger partial charge in [0.1, 0.15) is 11.4 Å². The molecule has 2 atom stereocenters. The second-order valence-corrected chi connectivity index (χ2v) is 8.86. The number of rotatable bonds is 6. The lowest BCUT2D eigenvalue weighted by atomic mass is 10.0. The van der Waals surface area contributed by atoms with E-state index in [-0.39, 0.29) is 18.0 Å². The summed E-state index contributed by atoms with van der Waals surface area (Å²) in [5.74, 6) is -1.60. The van der Waals surface area contributed by atoms with Crippen LogP contribution in [0.4, 0.5) is 0 Å². The van der Waals surface area contributed by atoms with Crippen molar-refractivity contribution in [3.63, 3.8) is 0 Å². The van der Waals surface area contributed by atoms with E-state index < -0.39 is 23.3 Å². The molecule has 3 heterocycles. The van der Waals surface area contributed by atoms with Crippen LogP contribution in [-0.2, 0) is 27.3 Å². The summed E-state index contributed by atoms with van der Waals surface area (Å²) in [6, 6.07) is 14.4. The molecule has 0 aliphatic carbocycles. The van der Waals surface area contributed by atoms with E-state index in [1.807, 2.05) is 66.9 Å². The molecule has 7 nitrogen and oxygen atoms in total. The molecule has 0 saturated carbocycles. The highest BCUT2D eigenvalue weighted by molar-refractivity contribution is 8.00. The van der Waals surface area contributed by atoms with Gasteiger partial charge in [0, 0.05) is 37.3 Å². The molecule has 2 aliphatic rings.